The number of hydrogen-bond acceptors (Lipinski definition) is 3. The van der Waals surface area contributed by atoms with Crippen LogP contribution in [0.1, 0.15) is 12.5 Å². The van der Waals surface area contributed by atoms with Gasteiger partial charge in [0.1, 0.15) is 5.75 Å². The van der Waals surface area contributed by atoms with Crippen molar-refractivity contribution in [2.45, 2.75) is 13.8 Å². The lowest BCUT2D eigenvalue weighted by Crippen LogP contribution is -2.22. The summed E-state index contributed by atoms with van der Waals surface area (Å²) in [4.78, 5) is 12.1. The summed E-state index contributed by atoms with van der Waals surface area (Å²) >= 11 is 3.41. The zero-order valence-corrected chi connectivity index (χ0v) is 14.2. The summed E-state index contributed by atoms with van der Waals surface area (Å²) in [5.41, 5.74) is 2.64. The number of ether oxygens (including phenoxy) is 1. The minimum Gasteiger partial charge on any atom is -0.492 e. The minimum absolute atomic E-state index is 0.100. The van der Waals surface area contributed by atoms with Gasteiger partial charge in [-0.3, -0.25) is 4.79 Å². The lowest BCUT2D eigenvalue weighted by atomic mass is 10.2. The number of carbonyl (C=O) groups excluding carboxylic acids is 1. The monoisotopic (exact) mass is 362 g/mol. The summed E-state index contributed by atoms with van der Waals surface area (Å²) < 4.78 is 6.51. The number of anilines is 2. The van der Waals surface area contributed by atoms with Gasteiger partial charge in [-0.15, -0.1) is 0 Å². The normalized spacial score (nSPS) is 10.1. The molecule has 2 rings (SSSR count). The maximum atomic E-state index is 12.1. The first-order valence-corrected chi connectivity index (χ1v) is 7.91. The molecule has 0 unspecified atom stereocenters. The number of amides is 1. The number of benzene rings is 2. The van der Waals surface area contributed by atoms with Crippen LogP contribution < -0.4 is 15.4 Å². The molecule has 22 heavy (non-hydrogen) atoms. The Morgan fingerprint density at radius 2 is 1.95 bits per heavy atom. The molecule has 116 valence electrons. The van der Waals surface area contributed by atoms with Crippen molar-refractivity contribution in [2.75, 3.05) is 23.8 Å². The second-order valence-corrected chi connectivity index (χ2v) is 5.71. The SMILES string of the molecule is CCOc1ccccc1NCC(=O)Nc1ccc(Br)cc1C. The molecular weight excluding hydrogens is 344 g/mol. The number of para-hydroxylation sites is 2. The van der Waals surface area contributed by atoms with E-state index in [0.29, 0.717) is 6.61 Å². The number of carbonyl (C=O) groups is 1. The molecule has 2 aromatic carbocycles. The molecule has 0 aromatic heterocycles. The third kappa shape index (κ3) is 4.49. The van der Waals surface area contributed by atoms with Crippen LogP contribution in [0.15, 0.2) is 46.9 Å². The topological polar surface area (TPSA) is 50.4 Å². The Kier molecular flexibility index (Phi) is 5.83. The zero-order chi connectivity index (χ0) is 15.9. The van der Waals surface area contributed by atoms with Crippen LogP contribution in [0.2, 0.25) is 0 Å². The fraction of sp³-hybridized carbons (Fsp3) is 0.235. The second kappa shape index (κ2) is 7.84. The van der Waals surface area contributed by atoms with E-state index in [1.165, 1.54) is 0 Å². The molecule has 0 aliphatic rings. The third-order valence-electron chi connectivity index (χ3n) is 3.09. The molecule has 1 amide bonds. The summed E-state index contributed by atoms with van der Waals surface area (Å²) in [6, 6.07) is 13.3. The van der Waals surface area contributed by atoms with Crippen molar-refractivity contribution >= 4 is 33.2 Å². The van der Waals surface area contributed by atoms with Crippen LogP contribution in [0.5, 0.6) is 5.75 Å². The van der Waals surface area contributed by atoms with E-state index in [0.717, 1.165) is 27.2 Å². The highest BCUT2D eigenvalue weighted by Crippen LogP contribution is 2.23. The predicted octanol–water partition coefficient (Wildman–Crippen LogP) is 4.21. The molecule has 0 bridgehead atoms. The molecule has 0 radical (unpaired) electrons. The Morgan fingerprint density at radius 1 is 1.18 bits per heavy atom. The molecule has 0 spiro atoms. The first-order valence-electron chi connectivity index (χ1n) is 7.12. The third-order valence-corrected chi connectivity index (χ3v) is 3.58. The van der Waals surface area contributed by atoms with E-state index in [1.54, 1.807) is 0 Å². The quantitative estimate of drug-likeness (QED) is 0.809. The van der Waals surface area contributed by atoms with Crippen LogP contribution in [0.3, 0.4) is 0 Å². The Bertz CT molecular complexity index is 659. The highest BCUT2D eigenvalue weighted by Gasteiger charge is 2.07. The molecule has 5 heteroatoms. The molecule has 0 aliphatic heterocycles. The van der Waals surface area contributed by atoms with E-state index in [-0.39, 0.29) is 12.5 Å². The molecule has 0 saturated carbocycles. The van der Waals surface area contributed by atoms with Crippen LogP contribution in [0.4, 0.5) is 11.4 Å². The van der Waals surface area contributed by atoms with E-state index in [4.69, 9.17) is 4.74 Å². The molecule has 0 aliphatic carbocycles. The van der Waals surface area contributed by atoms with Crippen LogP contribution in [0, 0.1) is 6.92 Å². The van der Waals surface area contributed by atoms with Gasteiger partial charge in [-0.1, -0.05) is 28.1 Å². The maximum Gasteiger partial charge on any atom is 0.243 e. The highest BCUT2D eigenvalue weighted by atomic mass is 79.9. The van der Waals surface area contributed by atoms with E-state index in [1.807, 2.05) is 56.3 Å². The number of rotatable bonds is 6. The molecule has 0 atom stereocenters. The van der Waals surface area contributed by atoms with Gasteiger partial charge in [-0.25, -0.2) is 0 Å². The van der Waals surface area contributed by atoms with Gasteiger partial charge in [-0.05, 0) is 49.7 Å². The predicted molar refractivity (Wildman–Crippen MR) is 93.6 cm³/mol. The van der Waals surface area contributed by atoms with E-state index in [2.05, 4.69) is 26.6 Å². The fourth-order valence-electron chi connectivity index (χ4n) is 2.03. The average molecular weight is 363 g/mol. The summed E-state index contributed by atoms with van der Waals surface area (Å²) in [6.45, 7) is 4.65. The molecule has 0 heterocycles. The molecule has 4 nitrogen and oxygen atoms in total. The van der Waals surface area contributed by atoms with Gasteiger partial charge in [0.25, 0.3) is 0 Å². The van der Waals surface area contributed by atoms with Crippen molar-refractivity contribution in [2.24, 2.45) is 0 Å². The lowest BCUT2D eigenvalue weighted by molar-refractivity contribution is -0.114. The van der Waals surface area contributed by atoms with Crippen molar-refractivity contribution in [3.8, 4) is 5.75 Å². The van der Waals surface area contributed by atoms with Gasteiger partial charge in [0, 0.05) is 10.2 Å². The summed E-state index contributed by atoms with van der Waals surface area (Å²) in [5, 5.41) is 6.00. The largest absolute Gasteiger partial charge is 0.492 e. The fourth-order valence-corrected chi connectivity index (χ4v) is 2.51. The number of aryl methyl sites for hydroxylation is 1. The van der Waals surface area contributed by atoms with E-state index >= 15 is 0 Å². The lowest BCUT2D eigenvalue weighted by Gasteiger charge is -2.13. The van der Waals surface area contributed by atoms with Gasteiger partial charge in [0.15, 0.2) is 0 Å². The van der Waals surface area contributed by atoms with Crippen molar-refractivity contribution in [3.63, 3.8) is 0 Å². The van der Waals surface area contributed by atoms with Gasteiger partial charge in [-0.2, -0.15) is 0 Å². The van der Waals surface area contributed by atoms with Crippen LogP contribution in [-0.2, 0) is 4.79 Å². The molecular formula is C17H19BrN2O2. The van der Waals surface area contributed by atoms with Crippen LogP contribution >= 0.6 is 15.9 Å². The van der Waals surface area contributed by atoms with Gasteiger partial charge in [0.05, 0.1) is 18.8 Å². The van der Waals surface area contributed by atoms with Crippen molar-refractivity contribution in [1.29, 1.82) is 0 Å². The first kappa shape index (κ1) is 16.4. The molecule has 2 N–H and O–H groups in total. The number of halogens is 1. The Labute approximate surface area is 139 Å². The van der Waals surface area contributed by atoms with Crippen LogP contribution in [-0.4, -0.2) is 19.1 Å². The average Bonchev–Trinajstić information content (AvgIpc) is 2.49. The Hall–Kier alpha value is -2.01. The van der Waals surface area contributed by atoms with Crippen LogP contribution in [0.25, 0.3) is 0 Å². The van der Waals surface area contributed by atoms with E-state index < -0.39 is 0 Å². The van der Waals surface area contributed by atoms with Gasteiger partial charge in [0.2, 0.25) is 5.91 Å². The first-order chi connectivity index (χ1) is 10.6. The smallest absolute Gasteiger partial charge is 0.243 e. The summed E-state index contributed by atoms with van der Waals surface area (Å²) in [7, 11) is 0. The number of hydrogen-bond donors (Lipinski definition) is 2. The molecule has 0 saturated heterocycles. The minimum atomic E-state index is -0.100. The summed E-state index contributed by atoms with van der Waals surface area (Å²) in [5.74, 6) is 0.648. The van der Waals surface area contributed by atoms with Crippen molar-refractivity contribution in [3.05, 3.63) is 52.5 Å². The van der Waals surface area contributed by atoms with Crippen molar-refractivity contribution < 1.29 is 9.53 Å². The second-order valence-electron chi connectivity index (χ2n) is 4.79. The van der Waals surface area contributed by atoms with Gasteiger partial charge >= 0.3 is 0 Å². The Balaban J connectivity index is 1.95. The standard InChI is InChI=1S/C17H19BrN2O2/c1-3-22-16-7-5-4-6-15(16)19-11-17(21)20-14-9-8-13(18)10-12(14)2/h4-10,19H,3,11H2,1-2H3,(H,20,21). The highest BCUT2D eigenvalue weighted by molar-refractivity contribution is 9.10. The van der Waals surface area contributed by atoms with Gasteiger partial charge < -0.3 is 15.4 Å². The number of nitrogens with one attached hydrogen (secondary N) is 2. The van der Waals surface area contributed by atoms with Crippen molar-refractivity contribution in [1.82, 2.24) is 0 Å². The Morgan fingerprint density at radius 3 is 2.68 bits per heavy atom. The maximum absolute atomic E-state index is 12.1. The summed E-state index contributed by atoms with van der Waals surface area (Å²) in [6.07, 6.45) is 0. The molecule has 2 aromatic rings. The van der Waals surface area contributed by atoms with E-state index in [9.17, 15) is 4.79 Å². The molecule has 0 fully saturated rings. The zero-order valence-electron chi connectivity index (χ0n) is 12.7.